The van der Waals surface area contributed by atoms with Crippen molar-refractivity contribution in [1.82, 2.24) is 0 Å². The van der Waals surface area contributed by atoms with E-state index in [0.717, 1.165) is 6.42 Å². The lowest BCUT2D eigenvalue weighted by Gasteiger charge is -1.90. The predicted molar refractivity (Wildman–Crippen MR) is 57.2 cm³/mol. The van der Waals surface area contributed by atoms with Gasteiger partial charge in [-0.2, -0.15) is 0 Å². The normalized spacial score (nSPS) is 8.07. The average Bonchev–Trinajstić information content (AvgIpc) is 2.13. The Morgan fingerprint density at radius 3 is 2.29 bits per heavy atom. The molecule has 0 bridgehead atoms. The Hall–Kier alpha value is -1.17. The van der Waals surface area contributed by atoms with Crippen molar-refractivity contribution < 1.29 is 14.6 Å². The van der Waals surface area contributed by atoms with Crippen LogP contribution in [0, 0.1) is 12.3 Å². The van der Waals surface area contributed by atoms with Gasteiger partial charge in [-0.25, -0.2) is 4.79 Å². The molecule has 0 saturated heterocycles. The van der Waals surface area contributed by atoms with Crippen LogP contribution in [0.5, 0.6) is 0 Å². The maximum absolute atomic E-state index is 9.38. The summed E-state index contributed by atoms with van der Waals surface area (Å²) in [5.41, 5.74) is 0. The van der Waals surface area contributed by atoms with Crippen molar-refractivity contribution in [2.75, 3.05) is 6.61 Å². The highest BCUT2D eigenvalue weighted by atomic mass is 16.7. The molecule has 0 amide bonds. The van der Waals surface area contributed by atoms with E-state index in [-0.39, 0.29) is 6.61 Å². The van der Waals surface area contributed by atoms with Crippen LogP contribution >= 0.6 is 0 Å². The molecule has 0 heterocycles. The van der Waals surface area contributed by atoms with Gasteiger partial charge in [0.15, 0.2) is 0 Å². The van der Waals surface area contributed by atoms with Gasteiger partial charge in [0.05, 0.1) is 6.61 Å². The smallest absolute Gasteiger partial charge is 0.450 e. The van der Waals surface area contributed by atoms with Gasteiger partial charge >= 0.3 is 6.16 Å². The summed E-state index contributed by atoms with van der Waals surface area (Å²) in [6, 6.07) is 0. The highest BCUT2D eigenvalue weighted by molar-refractivity contribution is 5.56. The number of ether oxygens (including phenoxy) is 1. The molecule has 0 fully saturated rings. The number of carbonyl (C=O) groups is 1. The summed E-state index contributed by atoms with van der Waals surface area (Å²) in [6.07, 6.45) is 9.96. The van der Waals surface area contributed by atoms with Crippen LogP contribution in [0.15, 0.2) is 0 Å². The third-order valence-electron chi connectivity index (χ3n) is 1.44. The van der Waals surface area contributed by atoms with E-state index in [1.807, 2.05) is 0 Å². The standard InChI is InChI=1S/C8H14.C3H6O3/c1-3-5-7-8-6-4-2;1-2-6-3(4)5/h1H,4-8H2,2H3;2H2,1H3,(H,4,5). The first kappa shape index (κ1) is 15.3. The first-order chi connectivity index (χ1) is 6.68. The molecule has 0 atom stereocenters. The van der Waals surface area contributed by atoms with Crippen molar-refractivity contribution in [3.8, 4) is 12.3 Å². The largest absolute Gasteiger partial charge is 0.505 e. The van der Waals surface area contributed by atoms with Gasteiger partial charge in [0.1, 0.15) is 0 Å². The Morgan fingerprint density at radius 2 is 2.00 bits per heavy atom. The number of carboxylic acid groups (broad SMARTS) is 1. The molecule has 0 saturated carbocycles. The molecular formula is C11H20O3. The maximum atomic E-state index is 9.38. The second-order valence-corrected chi connectivity index (χ2v) is 2.71. The zero-order valence-corrected chi connectivity index (χ0v) is 9.08. The fourth-order valence-electron chi connectivity index (χ4n) is 0.777. The van der Waals surface area contributed by atoms with Crippen LogP contribution in [0.25, 0.3) is 0 Å². The summed E-state index contributed by atoms with van der Waals surface area (Å²) in [5.74, 6) is 2.63. The second-order valence-electron chi connectivity index (χ2n) is 2.71. The van der Waals surface area contributed by atoms with E-state index in [4.69, 9.17) is 11.5 Å². The third kappa shape index (κ3) is 22.4. The summed E-state index contributed by atoms with van der Waals surface area (Å²) in [4.78, 5) is 9.38. The van der Waals surface area contributed by atoms with Gasteiger partial charge in [-0.1, -0.05) is 26.2 Å². The molecule has 0 aromatic carbocycles. The van der Waals surface area contributed by atoms with Gasteiger partial charge in [0.25, 0.3) is 0 Å². The van der Waals surface area contributed by atoms with Gasteiger partial charge in [0, 0.05) is 6.42 Å². The Bertz CT molecular complexity index is 158. The van der Waals surface area contributed by atoms with E-state index in [1.165, 1.54) is 25.7 Å². The number of unbranched alkanes of at least 4 members (excludes halogenated alkanes) is 4. The highest BCUT2D eigenvalue weighted by Crippen LogP contribution is 2.00. The number of rotatable bonds is 5. The topological polar surface area (TPSA) is 46.5 Å². The zero-order chi connectivity index (χ0) is 11.2. The van der Waals surface area contributed by atoms with Crippen molar-refractivity contribution in [3.05, 3.63) is 0 Å². The number of hydrogen-bond acceptors (Lipinski definition) is 2. The molecule has 3 nitrogen and oxygen atoms in total. The van der Waals surface area contributed by atoms with Crippen molar-refractivity contribution >= 4 is 6.16 Å². The summed E-state index contributed by atoms with van der Waals surface area (Å²) in [7, 11) is 0. The molecule has 0 aliphatic carbocycles. The summed E-state index contributed by atoms with van der Waals surface area (Å²) in [6.45, 7) is 4.05. The fourth-order valence-corrected chi connectivity index (χ4v) is 0.777. The summed E-state index contributed by atoms with van der Waals surface area (Å²) >= 11 is 0. The first-order valence-corrected chi connectivity index (χ1v) is 4.98. The van der Waals surface area contributed by atoms with Gasteiger partial charge in [-0.05, 0) is 13.3 Å². The maximum Gasteiger partial charge on any atom is 0.505 e. The molecule has 0 aromatic heterocycles. The minimum absolute atomic E-state index is 0.231. The van der Waals surface area contributed by atoms with Crippen molar-refractivity contribution in [2.45, 2.75) is 46.0 Å². The van der Waals surface area contributed by atoms with Crippen molar-refractivity contribution in [1.29, 1.82) is 0 Å². The van der Waals surface area contributed by atoms with Crippen LogP contribution in [0.3, 0.4) is 0 Å². The van der Waals surface area contributed by atoms with Gasteiger partial charge in [0.2, 0.25) is 0 Å². The van der Waals surface area contributed by atoms with E-state index in [0.29, 0.717) is 0 Å². The van der Waals surface area contributed by atoms with Gasteiger partial charge in [-0.3, -0.25) is 0 Å². The summed E-state index contributed by atoms with van der Waals surface area (Å²) in [5, 5.41) is 7.69. The number of terminal acetylenes is 1. The molecule has 1 N–H and O–H groups in total. The Kier molecular flexibility index (Phi) is 15.7. The van der Waals surface area contributed by atoms with Crippen LogP contribution in [-0.2, 0) is 4.74 Å². The van der Waals surface area contributed by atoms with Gasteiger partial charge < -0.3 is 9.84 Å². The predicted octanol–water partition coefficient (Wildman–Crippen LogP) is 3.29. The minimum atomic E-state index is -1.21. The molecule has 0 aliphatic heterocycles. The molecular weight excluding hydrogens is 180 g/mol. The number of hydrogen-bond donors (Lipinski definition) is 1. The molecule has 3 heteroatoms. The molecule has 82 valence electrons. The first-order valence-electron chi connectivity index (χ1n) is 4.98. The Morgan fingerprint density at radius 1 is 1.36 bits per heavy atom. The fraction of sp³-hybridized carbons (Fsp3) is 0.727. The van der Waals surface area contributed by atoms with E-state index in [9.17, 15) is 4.79 Å². The van der Waals surface area contributed by atoms with Crippen LogP contribution in [0.2, 0.25) is 0 Å². The quantitative estimate of drug-likeness (QED) is 0.421. The van der Waals surface area contributed by atoms with E-state index in [2.05, 4.69) is 17.6 Å². The van der Waals surface area contributed by atoms with E-state index in [1.54, 1.807) is 6.92 Å². The van der Waals surface area contributed by atoms with Crippen molar-refractivity contribution in [2.24, 2.45) is 0 Å². The molecule has 0 unspecified atom stereocenters. The molecule has 0 radical (unpaired) electrons. The molecule has 0 rings (SSSR count). The zero-order valence-electron chi connectivity index (χ0n) is 9.08. The lowest BCUT2D eigenvalue weighted by atomic mass is 10.2. The van der Waals surface area contributed by atoms with Crippen LogP contribution in [0.1, 0.15) is 46.0 Å². The third-order valence-corrected chi connectivity index (χ3v) is 1.44. The Balaban J connectivity index is 0. The van der Waals surface area contributed by atoms with Gasteiger partial charge in [-0.15, -0.1) is 12.3 Å². The van der Waals surface area contributed by atoms with Crippen LogP contribution < -0.4 is 0 Å². The van der Waals surface area contributed by atoms with E-state index < -0.39 is 6.16 Å². The average molecular weight is 200 g/mol. The van der Waals surface area contributed by atoms with E-state index >= 15 is 0 Å². The SMILES string of the molecule is C#CCCCCCC.CCOC(=O)O. The minimum Gasteiger partial charge on any atom is -0.450 e. The second kappa shape index (κ2) is 14.4. The monoisotopic (exact) mass is 200 g/mol. The lowest BCUT2D eigenvalue weighted by Crippen LogP contribution is -1.97. The molecule has 14 heavy (non-hydrogen) atoms. The molecule has 0 aliphatic rings. The van der Waals surface area contributed by atoms with Crippen LogP contribution in [0.4, 0.5) is 4.79 Å². The highest BCUT2D eigenvalue weighted by Gasteiger charge is 1.86. The van der Waals surface area contributed by atoms with Crippen molar-refractivity contribution in [3.63, 3.8) is 0 Å². The molecule has 0 aromatic rings. The lowest BCUT2D eigenvalue weighted by molar-refractivity contribution is 0.0966. The molecule has 0 spiro atoms. The van der Waals surface area contributed by atoms with Crippen LogP contribution in [-0.4, -0.2) is 17.9 Å². The Labute approximate surface area is 86.5 Å². The summed E-state index contributed by atoms with van der Waals surface area (Å²) < 4.78 is 3.96.